The van der Waals surface area contributed by atoms with Crippen molar-refractivity contribution in [1.82, 2.24) is 19.9 Å². The maximum Gasteiger partial charge on any atom is 0.323 e. The third-order valence-electron chi connectivity index (χ3n) is 5.38. The molecule has 1 aliphatic rings. The van der Waals surface area contributed by atoms with E-state index in [9.17, 15) is 9.18 Å². The molecular formula is C23H25FN6O. The van der Waals surface area contributed by atoms with Gasteiger partial charge in [0.15, 0.2) is 5.82 Å². The van der Waals surface area contributed by atoms with Gasteiger partial charge in [0.25, 0.3) is 0 Å². The Morgan fingerprint density at radius 3 is 2.61 bits per heavy atom. The topological polar surface area (TPSA) is 97.0 Å². The molecule has 2 aromatic heterocycles. The number of likely N-dealkylation sites (tertiary alicyclic amines) is 1. The van der Waals surface area contributed by atoms with E-state index >= 15 is 0 Å². The summed E-state index contributed by atoms with van der Waals surface area (Å²) in [5.74, 6) is 1.13. The van der Waals surface area contributed by atoms with Crippen molar-refractivity contribution in [2.75, 3.05) is 24.1 Å². The maximum atomic E-state index is 13.4. The molecule has 2 amide bonds. The number of nitrogen functional groups attached to an aromatic ring is 1. The minimum Gasteiger partial charge on any atom is -0.396 e. The second kappa shape index (κ2) is 8.29. The standard InChI is InChI=1S/C23H25FN6O/c1-13-8-17(24)4-5-19(13)21-7-6-20(25)22(28-21)29-23(31)30-11-16(12-30)10-18-9-14(2)26-15(3)27-18/h4-9,16H,10-12,25H2,1-3H3,(H,28,29,31). The number of aromatic nitrogens is 3. The summed E-state index contributed by atoms with van der Waals surface area (Å²) in [7, 11) is 0. The van der Waals surface area contributed by atoms with E-state index in [2.05, 4.69) is 20.3 Å². The maximum absolute atomic E-state index is 13.4. The lowest BCUT2D eigenvalue weighted by Gasteiger charge is -2.39. The van der Waals surface area contributed by atoms with Crippen LogP contribution in [0.2, 0.25) is 0 Å². The Morgan fingerprint density at radius 1 is 1.13 bits per heavy atom. The summed E-state index contributed by atoms with van der Waals surface area (Å²) in [5, 5.41) is 2.81. The zero-order valence-electron chi connectivity index (χ0n) is 17.8. The Bertz CT molecular complexity index is 1120. The van der Waals surface area contributed by atoms with Crippen LogP contribution in [0.15, 0.2) is 36.4 Å². The highest BCUT2D eigenvalue weighted by Gasteiger charge is 2.31. The van der Waals surface area contributed by atoms with Crippen LogP contribution in [0.5, 0.6) is 0 Å². The molecule has 7 nitrogen and oxygen atoms in total. The number of carbonyl (C=O) groups excluding carboxylic acids is 1. The summed E-state index contributed by atoms with van der Waals surface area (Å²) in [6.45, 7) is 6.94. The molecule has 0 unspecified atom stereocenters. The zero-order valence-corrected chi connectivity index (χ0v) is 17.8. The number of amides is 2. The summed E-state index contributed by atoms with van der Waals surface area (Å²) < 4.78 is 13.4. The number of nitrogens with one attached hydrogen (secondary N) is 1. The van der Waals surface area contributed by atoms with Crippen molar-refractivity contribution in [2.24, 2.45) is 5.92 Å². The molecule has 3 N–H and O–H groups in total. The smallest absolute Gasteiger partial charge is 0.323 e. The molecule has 1 aromatic carbocycles. The van der Waals surface area contributed by atoms with Crippen LogP contribution in [0.4, 0.5) is 20.7 Å². The molecule has 3 heterocycles. The Balaban J connectivity index is 1.40. The van der Waals surface area contributed by atoms with Crippen molar-refractivity contribution in [3.05, 3.63) is 65.0 Å². The number of hydrogen-bond donors (Lipinski definition) is 2. The van der Waals surface area contributed by atoms with E-state index in [0.29, 0.717) is 36.2 Å². The van der Waals surface area contributed by atoms with Crippen LogP contribution in [0, 0.1) is 32.5 Å². The van der Waals surface area contributed by atoms with Gasteiger partial charge >= 0.3 is 6.03 Å². The van der Waals surface area contributed by atoms with Crippen molar-refractivity contribution in [1.29, 1.82) is 0 Å². The molecule has 0 aliphatic carbocycles. The summed E-state index contributed by atoms with van der Waals surface area (Å²) >= 11 is 0. The van der Waals surface area contributed by atoms with Gasteiger partial charge in [0.05, 0.1) is 11.4 Å². The second-order valence-electron chi connectivity index (χ2n) is 8.05. The van der Waals surface area contributed by atoms with Gasteiger partial charge in [0, 0.05) is 30.0 Å². The predicted octanol–water partition coefficient (Wildman–Crippen LogP) is 3.89. The van der Waals surface area contributed by atoms with Gasteiger partial charge < -0.3 is 10.6 Å². The normalized spacial score (nSPS) is 13.7. The van der Waals surface area contributed by atoms with Crippen LogP contribution in [0.1, 0.15) is 22.8 Å². The fourth-order valence-electron chi connectivity index (χ4n) is 3.87. The van der Waals surface area contributed by atoms with E-state index < -0.39 is 0 Å². The SMILES string of the molecule is Cc1cc(CC2CN(C(=O)Nc3nc(-c4ccc(F)cc4C)ccc3N)C2)nc(C)n1. The van der Waals surface area contributed by atoms with Crippen LogP contribution in [-0.2, 0) is 6.42 Å². The lowest BCUT2D eigenvalue weighted by Crippen LogP contribution is -2.52. The number of nitrogens with zero attached hydrogens (tertiary/aromatic N) is 4. The number of anilines is 2. The van der Waals surface area contributed by atoms with Gasteiger partial charge in [-0.2, -0.15) is 0 Å². The number of nitrogens with two attached hydrogens (primary N) is 1. The van der Waals surface area contributed by atoms with Crippen LogP contribution in [-0.4, -0.2) is 39.0 Å². The monoisotopic (exact) mass is 420 g/mol. The highest BCUT2D eigenvalue weighted by molar-refractivity contribution is 5.92. The first-order valence-electron chi connectivity index (χ1n) is 10.2. The summed E-state index contributed by atoms with van der Waals surface area (Å²) in [6.07, 6.45) is 0.813. The number of hydrogen-bond acceptors (Lipinski definition) is 5. The number of pyridine rings is 1. The van der Waals surface area contributed by atoms with E-state index in [-0.39, 0.29) is 11.8 Å². The third-order valence-corrected chi connectivity index (χ3v) is 5.38. The lowest BCUT2D eigenvalue weighted by atomic mass is 9.94. The van der Waals surface area contributed by atoms with Gasteiger partial charge in [-0.3, -0.25) is 5.32 Å². The molecule has 1 fully saturated rings. The van der Waals surface area contributed by atoms with E-state index in [1.54, 1.807) is 23.1 Å². The van der Waals surface area contributed by atoms with E-state index in [1.165, 1.54) is 12.1 Å². The van der Waals surface area contributed by atoms with Gasteiger partial charge in [0.1, 0.15) is 11.6 Å². The number of benzene rings is 1. The minimum atomic E-state index is -0.301. The van der Waals surface area contributed by atoms with Crippen LogP contribution in [0.25, 0.3) is 11.3 Å². The Kier molecular flexibility index (Phi) is 5.54. The molecule has 0 saturated carbocycles. The van der Waals surface area contributed by atoms with E-state index in [4.69, 9.17) is 5.73 Å². The molecule has 31 heavy (non-hydrogen) atoms. The van der Waals surface area contributed by atoms with Crippen molar-refractivity contribution < 1.29 is 9.18 Å². The molecule has 1 saturated heterocycles. The number of halogens is 1. The molecule has 4 rings (SSSR count). The summed E-state index contributed by atoms with van der Waals surface area (Å²) in [6, 6.07) is 9.72. The second-order valence-corrected chi connectivity index (χ2v) is 8.05. The van der Waals surface area contributed by atoms with Crippen molar-refractivity contribution in [2.45, 2.75) is 27.2 Å². The first kappa shape index (κ1) is 20.7. The highest BCUT2D eigenvalue weighted by Crippen LogP contribution is 2.27. The Hall–Kier alpha value is -3.55. The molecule has 0 bridgehead atoms. The van der Waals surface area contributed by atoms with E-state index in [0.717, 1.165) is 34.8 Å². The minimum absolute atomic E-state index is 0.238. The third kappa shape index (κ3) is 4.63. The molecule has 1 aliphatic heterocycles. The number of rotatable bonds is 4. The Labute approximate surface area is 180 Å². The quantitative estimate of drug-likeness (QED) is 0.667. The largest absolute Gasteiger partial charge is 0.396 e. The van der Waals surface area contributed by atoms with Crippen molar-refractivity contribution in [3.8, 4) is 11.3 Å². The fourth-order valence-corrected chi connectivity index (χ4v) is 3.87. The highest BCUT2D eigenvalue weighted by atomic mass is 19.1. The fraction of sp³-hybridized carbons (Fsp3) is 0.304. The van der Waals surface area contributed by atoms with E-state index in [1.807, 2.05) is 26.8 Å². The van der Waals surface area contributed by atoms with Gasteiger partial charge in [0.2, 0.25) is 0 Å². The Morgan fingerprint density at radius 2 is 1.90 bits per heavy atom. The summed E-state index contributed by atoms with van der Waals surface area (Å²) in [5.41, 5.74) is 10.5. The molecular weight excluding hydrogens is 395 g/mol. The number of carbonyl (C=O) groups is 1. The van der Waals surface area contributed by atoms with Gasteiger partial charge in [-0.25, -0.2) is 24.1 Å². The number of urea groups is 1. The van der Waals surface area contributed by atoms with Crippen LogP contribution in [0.3, 0.4) is 0 Å². The molecule has 160 valence electrons. The van der Waals surface area contributed by atoms with Crippen LogP contribution >= 0.6 is 0 Å². The molecule has 0 atom stereocenters. The average Bonchev–Trinajstić information content (AvgIpc) is 2.65. The first-order valence-corrected chi connectivity index (χ1v) is 10.2. The molecule has 0 spiro atoms. The first-order chi connectivity index (χ1) is 14.8. The van der Waals surface area contributed by atoms with Gasteiger partial charge in [-0.1, -0.05) is 0 Å². The van der Waals surface area contributed by atoms with Gasteiger partial charge in [-0.15, -0.1) is 0 Å². The van der Waals surface area contributed by atoms with Gasteiger partial charge in [-0.05, 0) is 75.1 Å². The summed E-state index contributed by atoms with van der Waals surface area (Å²) in [4.78, 5) is 27.7. The lowest BCUT2D eigenvalue weighted by molar-refractivity contribution is 0.130. The van der Waals surface area contributed by atoms with Crippen LogP contribution < -0.4 is 11.1 Å². The predicted molar refractivity (Wildman–Crippen MR) is 118 cm³/mol. The zero-order chi connectivity index (χ0) is 22.1. The molecule has 8 heteroatoms. The molecule has 0 radical (unpaired) electrons. The molecule has 3 aromatic rings. The average molecular weight is 420 g/mol. The number of aryl methyl sites for hydroxylation is 3. The van der Waals surface area contributed by atoms with Crippen molar-refractivity contribution in [3.63, 3.8) is 0 Å². The van der Waals surface area contributed by atoms with Crippen molar-refractivity contribution >= 4 is 17.5 Å².